The number of hydrogen-bond acceptors (Lipinski definition) is 2. The largest absolute Gasteiger partial charge is 0.498 e. The summed E-state index contributed by atoms with van der Waals surface area (Å²) in [7, 11) is 0. The Balaban J connectivity index is 3.16. The van der Waals surface area contributed by atoms with Crippen LogP contribution in [-0.2, 0) is 4.74 Å². The molecule has 0 rings (SSSR count). The summed E-state index contributed by atoms with van der Waals surface area (Å²) in [6.45, 7) is -0.936. The summed E-state index contributed by atoms with van der Waals surface area (Å²) in [5, 5.41) is 8.22. The van der Waals surface area contributed by atoms with Gasteiger partial charge in [0.15, 0.2) is 5.83 Å². The average molecular weight is 152 g/mol. The SMILES string of the molecule is OCCCOC=C(F)CF. The van der Waals surface area contributed by atoms with Crippen molar-refractivity contribution < 1.29 is 18.6 Å². The van der Waals surface area contributed by atoms with Gasteiger partial charge in [-0.05, 0) is 0 Å². The third kappa shape index (κ3) is 5.50. The van der Waals surface area contributed by atoms with Crippen molar-refractivity contribution in [3.8, 4) is 0 Å². The van der Waals surface area contributed by atoms with Crippen LogP contribution in [0.2, 0.25) is 0 Å². The summed E-state index contributed by atoms with van der Waals surface area (Å²) in [5.41, 5.74) is 0. The van der Waals surface area contributed by atoms with Crippen molar-refractivity contribution in [2.75, 3.05) is 19.9 Å². The van der Waals surface area contributed by atoms with Gasteiger partial charge in [0.05, 0.1) is 6.61 Å². The smallest absolute Gasteiger partial charge is 0.165 e. The summed E-state index contributed by atoms with van der Waals surface area (Å²) in [4.78, 5) is 0. The highest BCUT2D eigenvalue weighted by Crippen LogP contribution is 1.96. The van der Waals surface area contributed by atoms with Gasteiger partial charge in [-0.15, -0.1) is 0 Å². The van der Waals surface area contributed by atoms with E-state index in [1.165, 1.54) is 0 Å². The van der Waals surface area contributed by atoms with Crippen LogP contribution in [0, 0.1) is 0 Å². The third-order valence-corrected chi connectivity index (χ3v) is 0.759. The van der Waals surface area contributed by atoms with Crippen LogP contribution in [0.1, 0.15) is 6.42 Å². The zero-order valence-corrected chi connectivity index (χ0v) is 5.52. The van der Waals surface area contributed by atoms with E-state index in [0.717, 1.165) is 6.26 Å². The Morgan fingerprint density at radius 2 is 2.30 bits per heavy atom. The molecule has 0 saturated heterocycles. The molecule has 0 saturated carbocycles. The predicted molar refractivity (Wildman–Crippen MR) is 32.8 cm³/mol. The molecule has 0 amide bonds. The van der Waals surface area contributed by atoms with Crippen molar-refractivity contribution in [1.82, 2.24) is 0 Å². The van der Waals surface area contributed by atoms with E-state index in [1.54, 1.807) is 0 Å². The standard InChI is InChI=1S/C6H10F2O2/c7-4-6(8)5-10-3-1-2-9/h5,9H,1-4H2. The molecule has 2 nitrogen and oxygen atoms in total. The number of halogens is 2. The van der Waals surface area contributed by atoms with Crippen molar-refractivity contribution in [2.45, 2.75) is 6.42 Å². The number of aliphatic hydroxyl groups is 1. The fourth-order valence-corrected chi connectivity index (χ4v) is 0.329. The number of aliphatic hydroxyl groups excluding tert-OH is 1. The number of allylic oxidation sites excluding steroid dienone is 1. The molecule has 0 radical (unpaired) electrons. The highest BCUT2D eigenvalue weighted by atomic mass is 19.2. The van der Waals surface area contributed by atoms with Crippen molar-refractivity contribution in [1.29, 1.82) is 0 Å². The van der Waals surface area contributed by atoms with Gasteiger partial charge in [0, 0.05) is 13.0 Å². The lowest BCUT2D eigenvalue weighted by atomic mass is 10.5. The maximum atomic E-state index is 11.9. The van der Waals surface area contributed by atoms with E-state index in [-0.39, 0.29) is 13.2 Å². The molecular weight excluding hydrogens is 142 g/mol. The summed E-state index contributed by atoms with van der Waals surface area (Å²) >= 11 is 0. The molecule has 1 N–H and O–H groups in total. The minimum atomic E-state index is -1.14. The van der Waals surface area contributed by atoms with Crippen LogP contribution < -0.4 is 0 Å². The van der Waals surface area contributed by atoms with E-state index in [0.29, 0.717) is 6.42 Å². The second-order valence-corrected chi connectivity index (χ2v) is 1.65. The molecule has 0 atom stereocenters. The van der Waals surface area contributed by atoms with E-state index in [1.807, 2.05) is 0 Å². The number of hydrogen-bond donors (Lipinski definition) is 1. The van der Waals surface area contributed by atoms with E-state index in [4.69, 9.17) is 5.11 Å². The second kappa shape index (κ2) is 6.48. The van der Waals surface area contributed by atoms with Gasteiger partial charge in [-0.1, -0.05) is 0 Å². The lowest BCUT2D eigenvalue weighted by Gasteiger charge is -1.96. The van der Waals surface area contributed by atoms with E-state index in [9.17, 15) is 8.78 Å². The molecule has 0 aromatic rings. The molecule has 0 bridgehead atoms. The molecule has 0 unspecified atom stereocenters. The molecule has 0 aliphatic carbocycles. The molecule has 0 aliphatic heterocycles. The van der Waals surface area contributed by atoms with Gasteiger partial charge in [0.2, 0.25) is 0 Å². The first-order valence-electron chi connectivity index (χ1n) is 2.94. The molecule has 0 heterocycles. The van der Waals surface area contributed by atoms with Gasteiger partial charge >= 0.3 is 0 Å². The molecule has 10 heavy (non-hydrogen) atoms. The van der Waals surface area contributed by atoms with Gasteiger partial charge in [-0.2, -0.15) is 0 Å². The first-order chi connectivity index (χ1) is 4.81. The molecule has 0 aromatic heterocycles. The predicted octanol–water partition coefficient (Wildman–Crippen LogP) is 1.17. The topological polar surface area (TPSA) is 29.5 Å². The minimum absolute atomic E-state index is 0.00885. The molecule has 60 valence electrons. The summed E-state index contributed by atoms with van der Waals surface area (Å²) in [6.07, 6.45) is 1.14. The first kappa shape index (κ1) is 9.36. The van der Waals surface area contributed by atoms with Gasteiger partial charge < -0.3 is 9.84 Å². The van der Waals surface area contributed by atoms with Crippen molar-refractivity contribution in [3.63, 3.8) is 0 Å². The zero-order valence-electron chi connectivity index (χ0n) is 5.52. The summed E-state index contributed by atoms with van der Waals surface area (Å²) in [5.74, 6) is -0.932. The number of rotatable bonds is 5. The Bertz CT molecular complexity index is 104. The van der Waals surface area contributed by atoms with Crippen LogP contribution in [0.25, 0.3) is 0 Å². The maximum Gasteiger partial charge on any atom is 0.165 e. The Morgan fingerprint density at radius 1 is 1.60 bits per heavy atom. The quantitative estimate of drug-likeness (QED) is 0.473. The monoisotopic (exact) mass is 152 g/mol. The Kier molecular flexibility index (Phi) is 6.06. The highest BCUT2D eigenvalue weighted by Gasteiger charge is 1.90. The van der Waals surface area contributed by atoms with Gasteiger partial charge in [-0.25, -0.2) is 8.78 Å². The lowest BCUT2D eigenvalue weighted by Crippen LogP contribution is -1.92. The fraction of sp³-hybridized carbons (Fsp3) is 0.667. The number of ether oxygens (including phenoxy) is 1. The maximum absolute atomic E-state index is 11.9. The van der Waals surface area contributed by atoms with E-state index in [2.05, 4.69) is 4.74 Å². The fourth-order valence-electron chi connectivity index (χ4n) is 0.329. The Hall–Kier alpha value is -0.640. The summed E-state index contributed by atoms with van der Waals surface area (Å²) in [6, 6.07) is 0. The van der Waals surface area contributed by atoms with Gasteiger partial charge in [0.25, 0.3) is 0 Å². The van der Waals surface area contributed by atoms with Crippen LogP contribution in [0.3, 0.4) is 0 Å². The van der Waals surface area contributed by atoms with E-state index < -0.39 is 12.5 Å². The van der Waals surface area contributed by atoms with Crippen molar-refractivity contribution in [2.24, 2.45) is 0 Å². The van der Waals surface area contributed by atoms with Crippen LogP contribution >= 0.6 is 0 Å². The Labute approximate surface area is 58.1 Å². The molecule has 0 spiro atoms. The lowest BCUT2D eigenvalue weighted by molar-refractivity contribution is 0.192. The third-order valence-electron chi connectivity index (χ3n) is 0.759. The van der Waals surface area contributed by atoms with Crippen LogP contribution in [0.15, 0.2) is 12.1 Å². The minimum Gasteiger partial charge on any atom is -0.498 e. The van der Waals surface area contributed by atoms with Crippen LogP contribution in [-0.4, -0.2) is 25.0 Å². The van der Waals surface area contributed by atoms with Gasteiger partial charge in [0.1, 0.15) is 12.9 Å². The van der Waals surface area contributed by atoms with Gasteiger partial charge in [-0.3, -0.25) is 0 Å². The molecule has 0 aliphatic rings. The molecular formula is C6H10F2O2. The second-order valence-electron chi connectivity index (χ2n) is 1.65. The van der Waals surface area contributed by atoms with Crippen LogP contribution in [0.5, 0.6) is 0 Å². The number of alkyl halides is 1. The van der Waals surface area contributed by atoms with Crippen LogP contribution in [0.4, 0.5) is 8.78 Å². The normalized spacial score (nSPS) is 11.7. The zero-order chi connectivity index (χ0) is 7.82. The summed E-state index contributed by atoms with van der Waals surface area (Å²) < 4.78 is 27.7. The Morgan fingerprint density at radius 3 is 2.80 bits per heavy atom. The highest BCUT2D eigenvalue weighted by molar-refractivity contribution is 4.84. The molecule has 0 aromatic carbocycles. The van der Waals surface area contributed by atoms with Crippen molar-refractivity contribution in [3.05, 3.63) is 12.1 Å². The average Bonchev–Trinajstić information content (AvgIpc) is 1.98. The van der Waals surface area contributed by atoms with Crippen molar-refractivity contribution >= 4 is 0 Å². The molecule has 0 fully saturated rings. The first-order valence-corrected chi connectivity index (χ1v) is 2.94. The molecule has 4 heteroatoms. The van der Waals surface area contributed by atoms with E-state index >= 15 is 0 Å².